The van der Waals surface area contributed by atoms with Crippen molar-refractivity contribution in [2.75, 3.05) is 17.7 Å². The van der Waals surface area contributed by atoms with Crippen LogP contribution in [0.1, 0.15) is 22.8 Å². The summed E-state index contributed by atoms with van der Waals surface area (Å²) in [7, 11) is 1.60. The molecule has 1 aromatic heterocycles. The average Bonchev–Trinajstić information content (AvgIpc) is 2.69. The maximum absolute atomic E-state index is 12.4. The van der Waals surface area contributed by atoms with Gasteiger partial charge in [-0.3, -0.25) is 4.79 Å². The molecule has 0 aliphatic rings. The topological polar surface area (TPSA) is 76.1 Å². The number of carbonyl (C=O) groups is 1. The van der Waals surface area contributed by atoms with Crippen LogP contribution < -0.4 is 15.4 Å². The van der Waals surface area contributed by atoms with Crippen molar-refractivity contribution in [3.8, 4) is 5.75 Å². The minimum Gasteiger partial charge on any atom is -0.495 e. The van der Waals surface area contributed by atoms with Crippen molar-refractivity contribution in [3.05, 3.63) is 72.1 Å². The van der Waals surface area contributed by atoms with Crippen molar-refractivity contribution in [1.29, 1.82) is 0 Å². The van der Waals surface area contributed by atoms with Gasteiger partial charge >= 0.3 is 0 Å². The Bertz CT molecular complexity index is 894. The Kier molecular flexibility index (Phi) is 5.43. The normalized spacial score (nSPS) is 10.2. The van der Waals surface area contributed by atoms with E-state index in [1.807, 2.05) is 55.5 Å². The van der Waals surface area contributed by atoms with Gasteiger partial charge in [-0.25, -0.2) is 9.97 Å². The zero-order chi connectivity index (χ0) is 18.4. The Morgan fingerprint density at radius 3 is 2.35 bits per heavy atom. The van der Waals surface area contributed by atoms with Gasteiger partial charge in [-0.15, -0.1) is 0 Å². The summed E-state index contributed by atoms with van der Waals surface area (Å²) in [5, 5.41) is 5.98. The van der Waals surface area contributed by atoms with Crippen LogP contribution in [-0.2, 0) is 6.42 Å². The molecule has 0 aliphatic heterocycles. The van der Waals surface area contributed by atoms with Crippen molar-refractivity contribution < 1.29 is 9.53 Å². The van der Waals surface area contributed by atoms with Gasteiger partial charge in [-0.2, -0.15) is 0 Å². The van der Waals surface area contributed by atoms with Crippen molar-refractivity contribution in [1.82, 2.24) is 9.97 Å². The van der Waals surface area contributed by atoms with E-state index >= 15 is 0 Å². The van der Waals surface area contributed by atoms with Gasteiger partial charge in [0.05, 0.1) is 18.4 Å². The highest BCUT2D eigenvalue weighted by Crippen LogP contribution is 2.25. The fraction of sp³-hybridized carbons (Fsp3) is 0.150. The molecule has 0 spiro atoms. The molecule has 0 saturated carbocycles. The van der Waals surface area contributed by atoms with E-state index in [4.69, 9.17) is 4.74 Å². The molecular formula is C20H20N4O2. The molecule has 2 aromatic carbocycles. The van der Waals surface area contributed by atoms with Gasteiger partial charge in [-0.1, -0.05) is 37.3 Å². The third-order valence-corrected chi connectivity index (χ3v) is 3.91. The zero-order valence-corrected chi connectivity index (χ0v) is 14.7. The second-order valence-electron chi connectivity index (χ2n) is 5.59. The number of carbonyl (C=O) groups excluding carboxylic acids is 1. The van der Waals surface area contributed by atoms with Crippen LogP contribution in [0.25, 0.3) is 0 Å². The van der Waals surface area contributed by atoms with E-state index in [0.29, 0.717) is 17.3 Å². The highest BCUT2D eigenvalue weighted by molar-refractivity contribution is 6.04. The Morgan fingerprint density at radius 1 is 1.00 bits per heavy atom. The quantitative estimate of drug-likeness (QED) is 0.703. The second-order valence-corrected chi connectivity index (χ2v) is 5.59. The smallest absolute Gasteiger partial charge is 0.258 e. The summed E-state index contributed by atoms with van der Waals surface area (Å²) in [6.07, 6.45) is 3.83. The van der Waals surface area contributed by atoms with Crippen LogP contribution in [0.15, 0.2) is 60.9 Å². The van der Waals surface area contributed by atoms with Gasteiger partial charge in [0, 0.05) is 18.1 Å². The van der Waals surface area contributed by atoms with Crippen LogP contribution in [0, 0.1) is 0 Å². The van der Waals surface area contributed by atoms with Gasteiger partial charge in [-0.05, 0) is 30.2 Å². The molecular weight excluding hydrogens is 328 g/mol. The first kappa shape index (κ1) is 17.4. The minimum atomic E-state index is -0.241. The van der Waals surface area contributed by atoms with E-state index in [1.54, 1.807) is 7.11 Å². The summed E-state index contributed by atoms with van der Waals surface area (Å²) in [5.41, 5.74) is 3.03. The molecule has 26 heavy (non-hydrogen) atoms. The third-order valence-electron chi connectivity index (χ3n) is 3.91. The lowest BCUT2D eigenvalue weighted by atomic mass is 10.1. The number of hydrogen-bond donors (Lipinski definition) is 2. The predicted octanol–water partition coefficient (Wildman–Crippen LogP) is 4.04. The van der Waals surface area contributed by atoms with E-state index in [2.05, 4.69) is 20.6 Å². The van der Waals surface area contributed by atoms with E-state index < -0.39 is 0 Å². The fourth-order valence-electron chi connectivity index (χ4n) is 2.52. The molecule has 1 heterocycles. The van der Waals surface area contributed by atoms with Crippen molar-refractivity contribution in [2.24, 2.45) is 0 Å². The number of amides is 1. The first-order chi connectivity index (χ1) is 12.7. The molecule has 0 atom stereocenters. The van der Waals surface area contributed by atoms with Gasteiger partial charge in [0.25, 0.3) is 5.91 Å². The van der Waals surface area contributed by atoms with Crippen molar-refractivity contribution in [2.45, 2.75) is 13.3 Å². The zero-order valence-electron chi connectivity index (χ0n) is 14.7. The van der Waals surface area contributed by atoms with Gasteiger partial charge in [0.15, 0.2) is 0 Å². The fourth-order valence-corrected chi connectivity index (χ4v) is 2.52. The Hall–Kier alpha value is -3.41. The Balaban J connectivity index is 1.72. The Labute approximate surface area is 152 Å². The molecule has 0 bridgehead atoms. The summed E-state index contributed by atoms with van der Waals surface area (Å²) in [6, 6.07) is 15.2. The number of hydrogen-bond acceptors (Lipinski definition) is 5. The SMILES string of the molecule is CCc1ccccc1NC(=O)c1cnc(Nc2ccccc2OC)nc1. The number of benzene rings is 2. The molecule has 0 saturated heterocycles. The number of nitrogens with one attached hydrogen (secondary N) is 2. The molecule has 0 unspecified atom stereocenters. The summed E-state index contributed by atoms with van der Waals surface area (Å²) >= 11 is 0. The van der Waals surface area contributed by atoms with Gasteiger partial charge in [0.1, 0.15) is 5.75 Å². The van der Waals surface area contributed by atoms with Crippen LogP contribution in [0.3, 0.4) is 0 Å². The van der Waals surface area contributed by atoms with E-state index in [9.17, 15) is 4.79 Å². The molecule has 3 aromatic rings. The maximum Gasteiger partial charge on any atom is 0.258 e. The average molecular weight is 348 g/mol. The number of anilines is 3. The van der Waals surface area contributed by atoms with Gasteiger partial charge in [0.2, 0.25) is 5.95 Å². The van der Waals surface area contributed by atoms with Gasteiger partial charge < -0.3 is 15.4 Å². The van der Waals surface area contributed by atoms with E-state index in [1.165, 1.54) is 12.4 Å². The molecule has 6 nitrogen and oxygen atoms in total. The minimum absolute atomic E-state index is 0.241. The number of aromatic nitrogens is 2. The third kappa shape index (κ3) is 3.97. The maximum atomic E-state index is 12.4. The highest BCUT2D eigenvalue weighted by Gasteiger charge is 2.10. The van der Waals surface area contributed by atoms with E-state index in [0.717, 1.165) is 23.4 Å². The summed E-state index contributed by atoms with van der Waals surface area (Å²) in [6.45, 7) is 2.05. The predicted molar refractivity (Wildman–Crippen MR) is 102 cm³/mol. The van der Waals surface area contributed by atoms with Crippen LogP contribution >= 0.6 is 0 Å². The van der Waals surface area contributed by atoms with Crippen molar-refractivity contribution in [3.63, 3.8) is 0 Å². The first-order valence-electron chi connectivity index (χ1n) is 8.32. The summed E-state index contributed by atoms with van der Waals surface area (Å²) < 4.78 is 5.29. The number of rotatable bonds is 6. The van der Waals surface area contributed by atoms with Crippen LogP contribution in [0.5, 0.6) is 5.75 Å². The lowest BCUT2D eigenvalue weighted by Crippen LogP contribution is -2.14. The molecule has 6 heteroatoms. The second kappa shape index (κ2) is 8.11. The van der Waals surface area contributed by atoms with E-state index in [-0.39, 0.29) is 5.91 Å². The summed E-state index contributed by atoms with van der Waals surface area (Å²) in [5.74, 6) is 0.837. The largest absolute Gasteiger partial charge is 0.495 e. The van der Waals surface area contributed by atoms with Crippen LogP contribution in [0.2, 0.25) is 0 Å². The lowest BCUT2D eigenvalue weighted by molar-refractivity contribution is 0.102. The highest BCUT2D eigenvalue weighted by atomic mass is 16.5. The molecule has 1 amide bonds. The lowest BCUT2D eigenvalue weighted by Gasteiger charge is -2.11. The molecule has 3 rings (SSSR count). The van der Waals surface area contributed by atoms with Crippen LogP contribution in [-0.4, -0.2) is 23.0 Å². The standard InChI is InChI=1S/C20H20N4O2/c1-3-14-8-4-5-9-16(14)23-19(25)15-12-21-20(22-13-15)24-17-10-6-7-11-18(17)26-2/h4-13H,3H2,1-2H3,(H,23,25)(H,21,22,24). The molecule has 132 valence electrons. The Morgan fingerprint density at radius 2 is 1.65 bits per heavy atom. The number of para-hydroxylation sites is 3. The monoisotopic (exact) mass is 348 g/mol. The molecule has 2 N–H and O–H groups in total. The first-order valence-corrected chi connectivity index (χ1v) is 8.32. The molecule has 0 aliphatic carbocycles. The number of nitrogens with zero attached hydrogens (tertiary/aromatic N) is 2. The number of aryl methyl sites for hydroxylation is 1. The molecule has 0 radical (unpaired) electrons. The summed E-state index contributed by atoms with van der Waals surface area (Å²) in [4.78, 5) is 20.9. The molecule has 0 fully saturated rings. The van der Waals surface area contributed by atoms with Crippen molar-refractivity contribution >= 4 is 23.2 Å². The number of methoxy groups -OCH3 is 1. The number of ether oxygens (including phenoxy) is 1. The van der Waals surface area contributed by atoms with Crippen LogP contribution in [0.4, 0.5) is 17.3 Å².